The molecule has 3 fully saturated rings. The van der Waals surface area contributed by atoms with Crippen LogP contribution in [0.1, 0.15) is 71.9 Å². The highest BCUT2D eigenvalue weighted by Crippen LogP contribution is 2.64. The monoisotopic (exact) mass is 658 g/mol. The molecule has 0 radical (unpaired) electrons. The fourth-order valence-corrected chi connectivity index (χ4v) is 10.4. The van der Waals surface area contributed by atoms with Gasteiger partial charge >= 0.3 is 0 Å². The van der Waals surface area contributed by atoms with Crippen molar-refractivity contribution in [3.05, 3.63) is 95.6 Å². The van der Waals surface area contributed by atoms with E-state index in [1.807, 2.05) is 56.3 Å². The van der Waals surface area contributed by atoms with E-state index < -0.39 is 48.8 Å². The van der Waals surface area contributed by atoms with Crippen molar-refractivity contribution in [1.29, 1.82) is 0 Å². The Balaban J connectivity index is 1.60. The molecule has 3 aliphatic carbocycles. The molecule has 0 spiro atoms. The molecule has 1 heterocycles. The molecule has 7 heteroatoms. The summed E-state index contributed by atoms with van der Waals surface area (Å²) < 4.78 is 35.8. The van der Waals surface area contributed by atoms with E-state index in [1.165, 1.54) is 0 Å². The molecular weight excluding hydrogens is 605 g/mol. The molecule has 0 N–H and O–H groups in total. The number of benzene rings is 2. The van der Waals surface area contributed by atoms with Crippen molar-refractivity contribution in [1.82, 2.24) is 0 Å². The van der Waals surface area contributed by atoms with Gasteiger partial charge in [0.25, 0.3) is 0 Å². The van der Waals surface area contributed by atoms with Gasteiger partial charge in [-0.05, 0) is 68.6 Å². The van der Waals surface area contributed by atoms with Crippen LogP contribution < -0.4 is 0 Å². The van der Waals surface area contributed by atoms with Crippen LogP contribution in [0.15, 0.2) is 84.5 Å². The lowest BCUT2D eigenvalue weighted by Crippen LogP contribution is -2.75. The molecule has 4 aliphatic rings. The molecule has 6 nitrogen and oxygen atoms in total. The van der Waals surface area contributed by atoms with Crippen LogP contribution in [0.4, 0.5) is 0 Å². The van der Waals surface area contributed by atoms with Gasteiger partial charge in [-0.25, -0.2) is 0 Å². The Morgan fingerprint density at radius 1 is 0.894 bits per heavy atom. The maximum Gasteiger partial charge on any atom is 0.187 e. The highest BCUT2D eigenvalue weighted by Gasteiger charge is 2.71. The summed E-state index contributed by atoms with van der Waals surface area (Å²) in [6, 6.07) is 21.4. The zero-order valence-electron chi connectivity index (χ0n) is 29.6. The molecule has 6 rings (SSSR count). The van der Waals surface area contributed by atoms with Crippen molar-refractivity contribution >= 4 is 14.1 Å². The smallest absolute Gasteiger partial charge is 0.187 e. The van der Waals surface area contributed by atoms with E-state index in [1.54, 1.807) is 0 Å². The van der Waals surface area contributed by atoms with Gasteiger partial charge in [-0.2, -0.15) is 0 Å². The van der Waals surface area contributed by atoms with Crippen molar-refractivity contribution < 1.29 is 28.2 Å². The lowest BCUT2D eigenvalue weighted by Gasteiger charge is -2.67. The summed E-state index contributed by atoms with van der Waals surface area (Å²) in [5, 5.41) is 0. The molecule has 0 amide bonds. The van der Waals surface area contributed by atoms with Gasteiger partial charge < -0.3 is 23.4 Å². The molecule has 2 bridgehead atoms. The van der Waals surface area contributed by atoms with E-state index in [0.717, 1.165) is 41.2 Å². The molecule has 2 saturated carbocycles. The molecule has 254 valence electrons. The van der Waals surface area contributed by atoms with E-state index in [0.29, 0.717) is 13.2 Å². The van der Waals surface area contributed by atoms with Gasteiger partial charge in [-0.3, -0.25) is 4.79 Å². The fraction of sp³-hybridized carbons (Fsp3) is 0.575. The molecule has 2 aromatic carbocycles. The molecule has 0 unspecified atom stereocenters. The van der Waals surface area contributed by atoms with Crippen LogP contribution in [-0.4, -0.2) is 49.9 Å². The number of ketones is 1. The van der Waals surface area contributed by atoms with Crippen LogP contribution in [-0.2, 0) is 41.4 Å². The number of allylic oxidation sites excluding steroid dienone is 1. The predicted molar refractivity (Wildman–Crippen MR) is 187 cm³/mol. The number of rotatable bonds is 9. The summed E-state index contributed by atoms with van der Waals surface area (Å²) in [5.74, 6) is -1.03. The summed E-state index contributed by atoms with van der Waals surface area (Å²) >= 11 is 0. The SMILES string of the molecule is C=C1CC[C@H]2OC(C)(C)O[C@@H]3[C@@H](OCc4ccccc4)C4=CC(=O)C[C@@](O[Si](C)(C)CC)([C@H](OCc5ccccc5)[C@H]1[C@]32C)C4(C)C. The second-order valence-electron chi connectivity index (χ2n) is 16.0. The minimum atomic E-state index is -2.30. The summed E-state index contributed by atoms with van der Waals surface area (Å²) in [5.41, 5.74) is 1.95. The summed E-state index contributed by atoms with van der Waals surface area (Å²) in [4.78, 5) is 14.2. The van der Waals surface area contributed by atoms with E-state index in [-0.39, 0.29) is 24.2 Å². The Morgan fingerprint density at radius 2 is 1.49 bits per heavy atom. The lowest BCUT2D eigenvalue weighted by atomic mass is 9.48. The quantitative estimate of drug-likeness (QED) is 0.199. The zero-order valence-corrected chi connectivity index (χ0v) is 30.6. The average Bonchev–Trinajstić information content (AvgIpc) is 3.02. The molecular formula is C40H54O6Si. The van der Waals surface area contributed by atoms with Gasteiger partial charge in [0.15, 0.2) is 19.9 Å². The van der Waals surface area contributed by atoms with Crippen molar-refractivity contribution in [2.45, 2.75) is 129 Å². The number of carbonyl (C=O) groups is 1. The van der Waals surface area contributed by atoms with Crippen LogP contribution in [0.3, 0.4) is 0 Å². The molecule has 7 atom stereocenters. The molecule has 0 aromatic heterocycles. The van der Waals surface area contributed by atoms with Crippen molar-refractivity contribution in [2.75, 3.05) is 0 Å². The Bertz CT molecular complexity index is 1500. The first-order chi connectivity index (χ1) is 22.1. The van der Waals surface area contributed by atoms with Gasteiger partial charge in [-0.15, -0.1) is 0 Å². The third-order valence-electron chi connectivity index (χ3n) is 11.7. The minimum absolute atomic E-state index is 0.0368. The minimum Gasteiger partial charge on any atom is -0.408 e. The molecule has 1 saturated heterocycles. The Morgan fingerprint density at radius 3 is 2.09 bits per heavy atom. The third kappa shape index (κ3) is 6.06. The van der Waals surface area contributed by atoms with Gasteiger partial charge in [0.05, 0.1) is 37.1 Å². The van der Waals surface area contributed by atoms with E-state index in [4.69, 9.17) is 30.0 Å². The standard InChI is InChI=1S/C40H54O6Si/c1-10-47(8,9)46-40-24-30(41)23-31(37(40,3)4)34(42-25-28-17-13-11-14-18-28)36-39(7)32(44-38(5,6)45-36)22-21-27(2)33(39)35(40)43-26-29-19-15-12-16-20-29/h11-20,23,32-36H,2,10,21-22,24-26H2,1,3-9H3/t32-,33+,34+,35-,36-,39-,40-/m1/s1. The number of ether oxygens (including phenoxy) is 4. The summed E-state index contributed by atoms with van der Waals surface area (Å²) in [6.45, 7) is 23.0. The Hall–Kier alpha value is -2.39. The first-order valence-electron chi connectivity index (χ1n) is 17.4. The predicted octanol–water partition coefficient (Wildman–Crippen LogP) is 8.57. The molecule has 1 aliphatic heterocycles. The highest BCUT2D eigenvalue weighted by molar-refractivity contribution is 6.71. The summed E-state index contributed by atoms with van der Waals surface area (Å²) in [6.07, 6.45) is 2.12. The van der Waals surface area contributed by atoms with Crippen LogP contribution >= 0.6 is 0 Å². The maximum absolute atomic E-state index is 14.2. The van der Waals surface area contributed by atoms with Crippen LogP contribution in [0, 0.1) is 16.7 Å². The third-order valence-corrected chi connectivity index (χ3v) is 14.3. The van der Waals surface area contributed by atoms with Crippen molar-refractivity contribution in [3.8, 4) is 0 Å². The largest absolute Gasteiger partial charge is 0.408 e. The van der Waals surface area contributed by atoms with Gasteiger partial charge in [0.1, 0.15) is 6.10 Å². The van der Waals surface area contributed by atoms with Crippen molar-refractivity contribution in [3.63, 3.8) is 0 Å². The number of hydrogen-bond acceptors (Lipinski definition) is 6. The van der Waals surface area contributed by atoms with Crippen LogP contribution in [0.5, 0.6) is 0 Å². The number of hydrogen-bond donors (Lipinski definition) is 0. The van der Waals surface area contributed by atoms with Gasteiger partial charge in [-0.1, -0.05) is 101 Å². The highest BCUT2D eigenvalue weighted by atomic mass is 28.4. The number of carbonyl (C=O) groups excluding carboxylic acids is 1. The summed E-state index contributed by atoms with van der Waals surface area (Å²) in [7, 11) is -2.30. The van der Waals surface area contributed by atoms with Crippen LogP contribution in [0.25, 0.3) is 0 Å². The Labute approximate surface area is 283 Å². The number of fused-ring (bicyclic) bond motifs is 2. The normalized spacial score (nSPS) is 34.6. The van der Waals surface area contributed by atoms with Gasteiger partial charge in [0, 0.05) is 23.2 Å². The zero-order chi connectivity index (χ0) is 33.8. The second-order valence-corrected chi connectivity index (χ2v) is 20.4. The Kier molecular flexibility index (Phi) is 9.16. The van der Waals surface area contributed by atoms with E-state index >= 15 is 0 Å². The first-order valence-corrected chi connectivity index (χ1v) is 20.5. The first kappa shape index (κ1) is 34.5. The fourth-order valence-electron chi connectivity index (χ4n) is 8.87. The topological polar surface area (TPSA) is 63.2 Å². The van der Waals surface area contributed by atoms with E-state index in [9.17, 15) is 4.79 Å². The molecule has 2 aromatic rings. The van der Waals surface area contributed by atoms with Crippen molar-refractivity contribution in [2.24, 2.45) is 16.7 Å². The van der Waals surface area contributed by atoms with Crippen LogP contribution in [0.2, 0.25) is 19.1 Å². The van der Waals surface area contributed by atoms with E-state index in [2.05, 4.69) is 65.1 Å². The average molecular weight is 659 g/mol. The second kappa shape index (κ2) is 12.5. The molecule has 47 heavy (non-hydrogen) atoms. The van der Waals surface area contributed by atoms with Gasteiger partial charge in [0.2, 0.25) is 0 Å². The maximum atomic E-state index is 14.2. The lowest BCUT2D eigenvalue weighted by molar-refractivity contribution is -0.381.